The van der Waals surface area contributed by atoms with Crippen LogP contribution in [0.25, 0.3) is 0 Å². The Morgan fingerprint density at radius 2 is 2.17 bits per heavy atom. The van der Waals surface area contributed by atoms with E-state index in [0.717, 1.165) is 32.5 Å². The standard InChI is InChI=1S/C9H16N2O/c12-9(8-2-1-3-8)11-6-7-4-10-5-7/h7-8,10H,1-6H2,(H,11,12). The van der Waals surface area contributed by atoms with Gasteiger partial charge in [-0.15, -0.1) is 0 Å². The van der Waals surface area contributed by atoms with E-state index in [4.69, 9.17) is 0 Å². The van der Waals surface area contributed by atoms with E-state index in [9.17, 15) is 4.79 Å². The zero-order chi connectivity index (χ0) is 8.39. The number of carbonyl (C=O) groups is 1. The lowest BCUT2D eigenvalue weighted by atomic mass is 9.84. The highest BCUT2D eigenvalue weighted by atomic mass is 16.1. The van der Waals surface area contributed by atoms with Crippen molar-refractivity contribution >= 4 is 5.91 Å². The van der Waals surface area contributed by atoms with Crippen molar-refractivity contribution in [2.24, 2.45) is 11.8 Å². The SMILES string of the molecule is O=C(NCC1CNC1)C1CCC1. The molecule has 1 aliphatic carbocycles. The minimum Gasteiger partial charge on any atom is -0.355 e. The van der Waals surface area contributed by atoms with Gasteiger partial charge < -0.3 is 10.6 Å². The minimum absolute atomic E-state index is 0.285. The van der Waals surface area contributed by atoms with E-state index in [1.54, 1.807) is 0 Å². The maximum Gasteiger partial charge on any atom is 0.223 e. The molecular weight excluding hydrogens is 152 g/mol. The highest BCUT2D eigenvalue weighted by molar-refractivity contribution is 5.79. The molecule has 0 aromatic heterocycles. The lowest BCUT2D eigenvalue weighted by molar-refractivity contribution is -0.127. The Kier molecular flexibility index (Phi) is 2.30. The summed E-state index contributed by atoms with van der Waals surface area (Å²) in [5.41, 5.74) is 0. The first-order chi connectivity index (χ1) is 5.86. The van der Waals surface area contributed by atoms with Crippen molar-refractivity contribution in [3.05, 3.63) is 0 Å². The number of nitrogens with one attached hydrogen (secondary N) is 2. The van der Waals surface area contributed by atoms with E-state index in [2.05, 4.69) is 10.6 Å². The highest BCUT2D eigenvalue weighted by Crippen LogP contribution is 2.26. The van der Waals surface area contributed by atoms with Crippen molar-refractivity contribution in [3.63, 3.8) is 0 Å². The van der Waals surface area contributed by atoms with Gasteiger partial charge in [-0.25, -0.2) is 0 Å². The number of rotatable bonds is 3. The van der Waals surface area contributed by atoms with E-state index in [1.807, 2.05) is 0 Å². The second-order valence-corrected chi connectivity index (χ2v) is 3.90. The van der Waals surface area contributed by atoms with Crippen LogP contribution < -0.4 is 10.6 Å². The van der Waals surface area contributed by atoms with E-state index >= 15 is 0 Å². The van der Waals surface area contributed by atoms with E-state index in [-0.39, 0.29) is 5.91 Å². The molecule has 0 bridgehead atoms. The van der Waals surface area contributed by atoms with E-state index < -0.39 is 0 Å². The lowest BCUT2D eigenvalue weighted by Gasteiger charge is -2.29. The quantitative estimate of drug-likeness (QED) is 0.628. The van der Waals surface area contributed by atoms with Gasteiger partial charge in [-0.3, -0.25) is 4.79 Å². The summed E-state index contributed by atoms with van der Waals surface area (Å²) in [6, 6.07) is 0. The van der Waals surface area contributed by atoms with Crippen LogP contribution in [0.15, 0.2) is 0 Å². The van der Waals surface area contributed by atoms with Crippen LogP contribution in [0.5, 0.6) is 0 Å². The van der Waals surface area contributed by atoms with Crippen LogP contribution in [0.4, 0.5) is 0 Å². The van der Waals surface area contributed by atoms with Crippen molar-refractivity contribution in [3.8, 4) is 0 Å². The molecule has 0 aromatic rings. The lowest BCUT2D eigenvalue weighted by Crippen LogP contribution is -2.49. The summed E-state index contributed by atoms with van der Waals surface area (Å²) in [7, 11) is 0. The summed E-state index contributed by atoms with van der Waals surface area (Å²) >= 11 is 0. The van der Waals surface area contributed by atoms with Gasteiger partial charge in [0, 0.05) is 31.5 Å². The van der Waals surface area contributed by atoms with Gasteiger partial charge in [0.1, 0.15) is 0 Å². The molecule has 12 heavy (non-hydrogen) atoms. The van der Waals surface area contributed by atoms with Crippen LogP contribution in [0.3, 0.4) is 0 Å². The zero-order valence-electron chi connectivity index (χ0n) is 7.31. The molecule has 0 aromatic carbocycles. The summed E-state index contributed by atoms with van der Waals surface area (Å²) in [5, 5.41) is 6.20. The molecule has 1 saturated carbocycles. The van der Waals surface area contributed by atoms with Crippen molar-refractivity contribution in [2.45, 2.75) is 19.3 Å². The molecule has 1 aliphatic heterocycles. The van der Waals surface area contributed by atoms with Crippen molar-refractivity contribution in [1.29, 1.82) is 0 Å². The maximum absolute atomic E-state index is 11.3. The topological polar surface area (TPSA) is 41.1 Å². The zero-order valence-corrected chi connectivity index (χ0v) is 7.31. The van der Waals surface area contributed by atoms with Crippen LogP contribution in [0.2, 0.25) is 0 Å². The van der Waals surface area contributed by atoms with Gasteiger partial charge in [-0.1, -0.05) is 6.42 Å². The molecule has 1 amide bonds. The number of amides is 1. The van der Waals surface area contributed by atoms with Gasteiger partial charge >= 0.3 is 0 Å². The molecule has 0 spiro atoms. The van der Waals surface area contributed by atoms with Crippen molar-refractivity contribution in [2.75, 3.05) is 19.6 Å². The average molecular weight is 168 g/mol. The molecule has 2 N–H and O–H groups in total. The summed E-state index contributed by atoms with van der Waals surface area (Å²) in [5.74, 6) is 1.32. The molecule has 0 atom stereocenters. The first kappa shape index (κ1) is 8.05. The Balaban J connectivity index is 1.61. The Morgan fingerprint density at radius 1 is 1.42 bits per heavy atom. The molecule has 0 radical (unpaired) electrons. The minimum atomic E-state index is 0.285. The summed E-state index contributed by atoms with van der Waals surface area (Å²) in [4.78, 5) is 11.3. The molecular formula is C9H16N2O. The predicted octanol–water partition coefficient (Wildman–Crippen LogP) is 0.122. The normalized spacial score (nSPS) is 24.3. The van der Waals surface area contributed by atoms with Crippen LogP contribution in [-0.4, -0.2) is 25.5 Å². The van der Waals surface area contributed by atoms with Gasteiger partial charge in [0.05, 0.1) is 0 Å². The monoisotopic (exact) mass is 168 g/mol. The molecule has 1 saturated heterocycles. The molecule has 2 fully saturated rings. The van der Waals surface area contributed by atoms with Crippen molar-refractivity contribution in [1.82, 2.24) is 10.6 Å². The fourth-order valence-electron chi connectivity index (χ4n) is 1.55. The molecule has 1 heterocycles. The molecule has 0 unspecified atom stereocenters. The number of carbonyl (C=O) groups excluding carboxylic acids is 1. The van der Waals surface area contributed by atoms with Gasteiger partial charge in [0.2, 0.25) is 5.91 Å². The average Bonchev–Trinajstić information content (AvgIpc) is 1.79. The summed E-state index contributed by atoms with van der Waals surface area (Å²) in [6.07, 6.45) is 3.45. The Morgan fingerprint density at radius 3 is 2.58 bits per heavy atom. The van der Waals surface area contributed by atoms with Gasteiger partial charge in [-0.2, -0.15) is 0 Å². The first-order valence-corrected chi connectivity index (χ1v) is 4.84. The van der Waals surface area contributed by atoms with Crippen LogP contribution in [0.1, 0.15) is 19.3 Å². The third-order valence-electron chi connectivity index (χ3n) is 2.91. The number of hydrogen-bond donors (Lipinski definition) is 2. The van der Waals surface area contributed by atoms with Gasteiger partial charge in [0.15, 0.2) is 0 Å². The van der Waals surface area contributed by atoms with E-state index in [0.29, 0.717) is 11.8 Å². The van der Waals surface area contributed by atoms with Crippen LogP contribution in [-0.2, 0) is 4.79 Å². The Hall–Kier alpha value is -0.570. The second kappa shape index (κ2) is 3.44. The van der Waals surface area contributed by atoms with Crippen molar-refractivity contribution < 1.29 is 4.79 Å². The highest BCUT2D eigenvalue weighted by Gasteiger charge is 2.26. The Bertz CT molecular complexity index is 173. The predicted molar refractivity (Wildman–Crippen MR) is 46.7 cm³/mol. The maximum atomic E-state index is 11.3. The summed E-state index contributed by atoms with van der Waals surface area (Å²) < 4.78 is 0. The second-order valence-electron chi connectivity index (χ2n) is 3.90. The fourth-order valence-corrected chi connectivity index (χ4v) is 1.55. The fraction of sp³-hybridized carbons (Fsp3) is 0.889. The molecule has 3 nitrogen and oxygen atoms in total. The molecule has 2 rings (SSSR count). The first-order valence-electron chi connectivity index (χ1n) is 4.84. The van der Waals surface area contributed by atoms with Crippen LogP contribution in [0, 0.1) is 11.8 Å². The van der Waals surface area contributed by atoms with Gasteiger partial charge in [0.25, 0.3) is 0 Å². The molecule has 68 valence electrons. The van der Waals surface area contributed by atoms with Crippen LogP contribution >= 0.6 is 0 Å². The molecule has 3 heteroatoms. The third kappa shape index (κ3) is 1.61. The summed E-state index contributed by atoms with van der Waals surface area (Å²) in [6.45, 7) is 3.03. The molecule has 2 aliphatic rings. The smallest absolute Gasteiger partial charge is 0.223 e. The van der Waals surface area contributed by atoms with Gasteiger partial charge in [-0.05, 0) is 12.8 Å². The third-order valence-corrected chi connectivity index (χ3v) is 2.91. The van der Waals surface area contributed by atoms with E-state index in [1.165, 1.54) is 6.42 Å². The number of hydrogen-bond acceptors (Lipinski definition) is 2. The Labute approximate surface area is 72.9 Å². The largest absolute Gasteiger partial charge is 0.355 e.